The lowest BCUT2D eigenvalue weighted by Crippen LogP contribution is -2.18. The number of nitrogens with two attached hydrogens (primary N) is 1. The molecule has 0 aliphatic carbocycles. The van der Waals surface area contributed by atoms with Gasteiger partial charge in [0.05, 0.1) is 15.8 Å². The summed E-state index contributed by atoms with van der Waals surface area (Å²) in [7, 11) is -3.34. The van der Waals surface area contributed by atoms with Gasteiger partial charge in [-0.1, -0.05) is 17.7 Å². The Labute approximate surface area is 99.3 Å². The summed E-state index contributed by atoms with van der Waals surface area (Å²) >= 11 is 5.83. The molecule has 6 heteroatoms. The van der Waals surface area contributed by atoms with Crippen LogP contribution in [0.4, 0.5) is 0 Å². The Morgan fingerprint density at radius 3 is 2.38 bits per heavy atom. The second kappa shape index (κ2) is 4.43. The first-order chi connectivity index (χ1) is 7.23. The van der Waals surface area contributed by atoms with Gasteiger partial charge >= 0.3 is 0 Å². The normalized spacial score (nSPS) is 13.4. The second-order valence-corrected chi connectivity index (χ2v) is 5.98. The average molecular weight is 262 g/mol. The minimum Gasteiger partial charge on any atom is -0.369 e. The molecular weight excluding hydrogens is 250 g/mol. The minimum atomic E-state index is -3.34. The molecule has 1 rings (SSSR count). The Kier molecular flexibility index (Phi) is 3.60. The first-order valence-electron chi connectivity index (χ1n) is 4.52. The molecule has 1 amide bonds. The summed E-state index contributed by atoms with van der Waals surface area (Å²) in [5.41, 5.74) is 5.74. The standard InChI is InChI=1S/C10H12ClNO3S/c1-6(10(12)13)7-3-4-9(8(11)5-7)16(2,14)15/h3-6H,1-2H3,(H2,12,13). The molecule has 1 aromatic carbocycles. The summed E-state index contributed by atoms with van der Waals surface area (Å²) in [6.07, 6.45) is 1.07. The van der Waals surface area contributed by atoms with Crippen LogP contribution in [0.15, 0.2) is 23.1 Å². The monoisotopic (exact) mass is 261 g/mol. The first-order valence-corrected chi connectivity index (χ1v) is 6.79. The fourth-order valence-corrected chi connectivity index (χ4v) is 2.59. The van der Waals surface area contributed by atoms with Gasteiger partial charge in [0.15, 0.2) is 9.84 Å². The molecule has 0 saturated heterocycles. The third-order valence-electron chi connectivity index (χ3n) is 2.28. The quantitative estimate of drug-likeness (QED) is 0.892. The van der Waals surface area contributed by atoms with Gasteiger partial charge in [-0.05, 0) is 24.6 Å². The van der Waals surface area contributed by atoms with Crippen molar-refractivity contribution < 1.29 is 13.2 Å². The highest BCUT2D eigenvalue weighted by Crippen LogP contribution is 2.26. The van der Waals surface area contributed by atoms with E-state index >= 15 is 0 Å². The summed E-state index contributed by atoms with van der Waals surface area (Å²) in [5.74, 6) is -0.978. The van der Waals surface area contributed by atoms with Gasteiger partial charge in [-0.25, -0.2) is 8.42 Å². The van der Waals surface area contributed by atoms with Crippen LogP contribution in [-0.4, -0.2) is 20.6 Å². The Balaban J connectivity index is 3.25. The Morgan fingerprint density at radius 2 is 2.00 bits per heavy atom. The molecule has 0 heterocycles. The van der Waals surface area contributed by atoms with E-state index in [1.807, 2.05) is 0 Å². The lowest BCUT2D eigenvalue weighted by Gasteiger charge is -2.09. The van der Waals surface area contributed by atoms with Gasteiger partial charge < -0.3 is 5.73 Å². The highest BCUT2D eigenvalue weighted by molar-refractivity contribution is 7.90. The smallest absolute Gasteiger partial charge is 0.224 e. The summed E-state index contributed by atoms with van der Waals surface area (Å²) in [6.45, 7) is 1.63. The van der Waals surface area contributed by atoms with Gasteiger partial charge in [0, 0.05) is 6.26 Å². The van der Waals surface area contributed by atoms with Gasteiger partial charge in [-0.15, -0.1) is 0 Å². The number of primary amides is 1. The van der Waals surface area contributed by atoms with Crippen LogP contribution in [0, 0.1) is 0 Å². The molecule has 88 valence electrons. The molecule has 1 unspecified atom stereocenters. The fraction of sp³-hybridized carbons (Fsp3) is 0.300. The highest BCUT2D eigenvalue weighted by atomic mass is 35.5. The number of benzene rings is 1. The number of carbonyl (C=O) groups is 1. The number of rotatable bonds is 3. The van der Waals surface area contributed by atoms with Crippen LogP contribution in [0.3, 0.4) is 0 Å². The predicted octanol–water partition coefficient (Wildman–Crippen LogP) is 1.33. The molecule has 0 spiro atoms. The molecule has 1 atom stereocenters. The van der Waals surface area contributed by atoms with Gasteiger partial charge in [-0.2, -0.15) is 0 Å². The molecule has 0 aliphatic heterocycles. The summed E-state index contributed by atoms with van der Waals surface area (Å²) in [5, 5.41) is 0.105. The largest absolute Gasteiger partial charge is 0.369 e. The maximum Gasteiger partial charge on any atom is 0.224 e. The van der Waals surface area contributed by atoms with E-state index < -0.39 is 21.7 Å². The van der Waals surface area contributed by atoms with E-state index in [1.54, 1.807) is 6.92 Å². The zero-order valence-corrected chi connectivity index (χ0v) is 10.5. The number of halogens is 1. The number of hydrogen-bond donors (Lipinski definition) is 1. The van der Waals surface area contributed by atoms with Crippen molar-refractivity contribution in [2.75, 3.05) is 6.26 Å². The topological polar surface area (TPSA) is 77.2 Å². The van der Waals surface area contributed by atoms with E-state index in [4.69, 9.17) is 17.3 Å². The van der Waals surface area contributed by atoms with Crippen LogP contribution < -0.4 is 5.73 Å². The average Bonchev–Trinajstić information content (AvgIpc) is 2.14. The van der Waals surface area contributed by atoms with E-state index in [2.05, 4.69) is 0 Å². The Hall–Kier alpha value is -1.07. The van der Waals surface area contributed by atoms with Gasteiger partial charge in [0.25, 0.3) is 0 Å². The lowest BCUT2D eigenvalue weighted by atomic mass is 10.0. The molecule has 4 nitrogen and oxygen atoms in total. The minimum absolute atomic E-state index is 0.0505. The number of hydrogen-bond acceptors (Lipinski definition) is 3. The number of amides is 1. The number of carbonyl (C=O) groups excluding carboxylic acids is 1. The first kappa shape index (κ1) is 13.0. The van der Waals surface area contributed by atoms with Crippen molar-refractivity contribution in [2.24, 2.45) is 5.73 Å². The van der Waals surface area contributed by atoms with Gasteiger partial charge in [-0.3, -0.25) is 4.79 Å². The van der Waals surface area contributed by atoms with Crippen LogP contribution in [0.25, 0.3) is 0 Å². The van der Waals surface area contributed by atoms with Gasteiger partial charge in [0.1, 0.15) is 0 Å². The van der Waals surface area contributed by atoms with Crippen molar-refractivity contribution in [3.8, 4) is 0 Å². The Bertz CT molecular complexity index is 525. The van der Waals surface area contributed by atoms with Crippen LogP contribution in [0.5, 0.6) is 0 Å². The summed E-state index contributed by atoms with van der Waals surface area (Å²) in [4.78, 5) is 11.0. The molecule has 0 bridgehead atoms. The fourth-order valence-electron chi connectivity index (χ4n) is 1.25. The molecule has 2 N–H and O–H groups in total. The molecule has 0 fully saturated rings. The molecule has 0 aromatic heterocycles. The lowest BCUT2D eigenvalue weighted by molar-refractivity contribution is -0.119. The van der Waals surface area contributed by atoms with Crippen molar-refractivity contribution >= 4 is 27.3 Å². The van der Waals surface area contributed by atoms with Crippen molar-refractivity contribution in [3.05, 3.63) is 28.8 Å². The third kappa shape index (κ3) is 2.74. The Morgan fingerprint density at radius 1 is 1.44 bits per heavy atom. The predicted molar refractivity (Wildman–Crippen MR) is 62.2 cm³/mol. The maximum absolute atomic E-state index is 11.3. The zero-order chi connectivity index (χ0) is 12.5. The van der Waals surface area contributed by atoms with E-state index in [1.165, 1.54) is 18.2 Å². The van der Waals surface area contributed by atoms with Crippen LogP contribution in [0.2, 0.25) is 5.02 Å². The van der Waals surface area contributed by atoms with Crippen molar-refractivity contribution in [1.29, 1.82) is 0 Å². The van der Waals surface area contributed by atoms with Crippen LogP contribution in [0.1, 0.15) is 18.4 Å². The molecule has 0 aliphatic rings. The summed E-state index contributed by atoms with van der Waals surface area (Å²) < 4.78 is 22.6. The van der Waals surface area contributed by atoms with E-state index in [0.717, 1.165) is 6.26 Å². The summed E-state index contributed by atoms with van der Waals surface area (Å²) in [6, 6.07) is 4.37. The van der Waals surface area contributed by atoms with Gasteiger partial charge in [0.2, 0.25) is 5.91 Å². The molecule has 16 heavy (non-hydrogen) atoms. The van der Waals surface area contributed by atoms with Crippen LogP contribution >= 0.6 is 11.6 Å². The highest BCUT2D eigenvalue weighted by Gasteiger charge is 2.16. The van der Waals surface area contributed by atoms with Crippen molar-refractivity contribution in [3.63, 3.8) is 0 Å². The molecule has 0 saturated carbocycles. The SMILES string of the molecule is CC(C(N)=O)c1ccc(S(C)(=O)=O)c(Cl)c1. The second-order valence-electron chi connectivity index (χ2n) is 3.59. The molecule has 1 aromatic rings. The van der Waals surface area contributed by atoms with Crippen molar-refractivity contribution in [2.45, 2.75) is 17.7 Å². The van der Waals surface area contributed by atoms with E-state index in [0.29, 0.717) is 5.56 Å². The van der Waals surface area contributed by atoms with E-state index in [9.17, 15) is 13.2 Å². The zero-order valence-electron chi connectivity index (χ0n) is 8.90. The molecule has 0 radical (unpaired) electrons. The van der Waals surface area contributed by atoms with Crippen LogP contribution in [-0.2, 0) is 14.6 Å². The molecular formula is C10H12ClNO3S. The number of sulfone groups is 1. The van der Waals surface area contributed by atoms with E-state index in [-0.39, 0.29) is 9.92 Å². The third-order valence-corrected chi connectivity index (χ3v) is 3.86. The maximum atomic E-state index is 11.3. The van der Waals surface area contributed by atoms with Crippen molar-refractivity contribution in [1.82, 2.24) is 0 Å².